The number of rotatable bonds is 8. The molecule has 0 bridgehead atoms. The smallest absolute Gasteiger partial charge is 0.145 e. The second kappa shape index (κ2) is 7.56. The molecule has 2 aromatic heterocycles. The maximum Gasteiger partial charge on any atom is 0.145 e. The van der Waals surface area contributed by atoms with Crippen molar-refractivity contribution in [1.82, 2.24) is 14.5 Å². The van der Waals surface area contributed by atoms with Gasteiger partial charge in [-0.05, 0) is 25.8 Å². The monoisotopic (exact) mass is 306 g/mol. The van der Waals surface area contributed by atoms with E-state index in [9.17, 15) is 0 Å². The van der Waals surface area contributed by atoms with E-state index in [4.69, 9.17) is 5.11 Å². The molecule has 6 nitrogen and oxygen atoms in total. The Morgan fingerprint density at radius 1 is 1.23 bits per heavy atom. The van der Waals surface area contributed by atoms with Gasteiger partial charge in [0.2, 0.25) is 0 Å². The molecule has 0 saturated carbocycles. The molecule has 3 N–H and O–H groups in total. The minimum Gasteiger partial charge on any atom is -0.396 e. The molecule has 0 spiro atoms. The third-order valence-corrected chi connectivity index (χ3v) is 4.09. The van der Waals surface area contributed by atoms with Crippen LogP contribution >= 0.6 is 0 Å². The molecule has 0 unspecified atom stereocenters. The lowest BCUT2D eigenvalue weighted by atomic mass is 10.2. The number of anilines is 1. The van der Waals surface area contributed by atoms with Crippen molar-refractivity contribution in [3.63, 3.8) is 0 Å². The van der Waals surface area contributed by atoms with Crippen LogP contribution in [0, 0.1) is 13.8 Å². The highest BCUT2D eigenvalue weighted by Gasteiger charge is 2.16. The molecule has 2 heterocycles. The van der Waals surface area contributed by atoms with E-state index in [0.717, 1.165) is 49.3 Å². The molecule has 0 aliphatic heterocycles. The van der Waals surface area contributed by atoms with E-state index in [-0.39, 0.29) is 6.61 Å². The Kier molecular flexibility index (Phi) is 5.74. The molecule has 122 valence electrons. The normalized spacial score (nSPS) is 11.5. The van der Waals surface area contributed by atoms with Gasteiger partial charge in [0, 0.05) is 31.8 Å². The molecule has 2 rings (SSSR count). The van der Waals surface area contributed by atoms with Crippen LogP contribution in [0.3, 0.4) is 0 Å². The number of nitrogens with one attached hydrogen (secondary N) is 2. The molecule has 22 heavy (non-hydrogen) atoms. The Balaban J connectivity index is 2.30. The summed E-state index contributed by atoms with van der Waals surface area (Å²) in [6.07, 6.45) is 3.47. The Hall–Kier alpha value is -1.66. The van der Waals surface area contributed by atoms with Gasteiger partial charge in [-0.2, -0.15) is 0 Å². The van der Waals surface area contributed by atoms with Crippen LogP contribution in [-0.2, 0) is 6.54 Å². The number of nitrogens with zero attached hydrogens (tertiary/aromatic N) is 3. The Bertz CT molecular complexity index is 621. The fourth-order valence-electron chi connectivity index (χ4n) is 2.75. The highest BCUT2D eigenvalue weighted by molar-refractivity contribution is 5.91. The van der Waals surface area contributed by atoms with Gasteiger partial charge in [0.1, 0.15) is 17.8 Å². The van der Waals surface area contributed by atoms with Crippen molar-refractivity contribution in [3.05, 3.63) is 17.6 Å². The quantitative estimate of drug-likeness (QED) is 0.617. The highest BCUT2D eigenvalue weighted by Crippen LogP contribution is 2.28. The highest BCUT2D eigenvalue weighted by atomic mass is 16.3. The molecule has 2 aromatic rings. The van der Waals surface area contributed by atoms with Crippen LogP contribution in [0.5, 0.6) is 0 Å². The fraction of sp³-hybridized carbons (Fsp3) is 0.625. The van der Waals surface area contributed by atoms with Gasteiger partial charge in [-0.15, -0.1) is 0 Å². The summed E-state index contributed by atoms with van der Waals surface area (Å²) in [6.45, 7) is 7.31. The summed E-state index contributed by atoms with van der Waals surface area (Å²) in [7, 11) is 4.36. The summed E-state index contributed by atoms with van der Waals surface area (Å²) in [6, 6.07) is 0. The van der Waals surface area contributed by atoms with Crippen molar-refractivity contribution in [1.29, 1.82) is 0 Å². The van der Waals surface area contributed by atoms with Crippen LogP contribution in [0.25, 0.3) is 11.0 Å². The minimum absolute atomic E-state index is 0.188. The summed E-state index contributed by atoms with van der Waals surface area (Å²) in [4.78, 5) is 10.4. The molecule has 0 atom stereocenters. The first-order valence-corrected chi connectivity index (χ1v) is 8.00. The van der Waals surface area contributed by atoms with E-state index in [1.54, 1.807) is 6.33 Å². The Morgan fingerprint density at radius 2 is 2.00 bits per heavy atom. The molecule has 0 fully saturated rings. The van der Waals surface area contributed by atoms with Crippen molar-refractivity contribution in [2.75, 3.05) is 39.1 Å². The third-order valence-electron chi connectivity index (χ3n) is 4.09. The summed E-state index contributed by atoms with van der Waals surface area (Å²) in [5.41, 5.74) is 3.50. The zero-order valence-electron chi connectivity index (χ0n) is 14.1. The zero-order chi connectivity index (χ0) is 16.1. The molecule has 6 heteroatoms. The summed E-state index contributed by atoms with van der Waals surface area (Å²) in [5.74, 6) is 0.871. The average Bonchev–Trinajstić information content (AvgIpc) is 2.73. The predicted octanol–water partition coefficient (Wildman–Crippen LogP) is 0.377. The van der Waals surface area contributed by atoms with Gasteiger partial charge >= 0.3 is 0 Å². The van der Waals surface area contributed by atoms with Crippen molar-refractivity contribution >= 4 is 16.9 Å². The average molecular weight is 306 g/mol. The molecule has 0 aliphatic carbocycles. The van der Waals surface area contributed by atoms with Crippen LogP contribution in [0.2, 0.25) is 0 Å². The van der Waals surface area contributed by atoms with Gasteiger partial charge in [0.25, 0.3) is 0 Å². The summed E-state index contributed by atoms with van der Waals surface area (Å²) in [5, 5.41) is 13.3. The van der Waals surface area contributed by atoms with Crippen LogP contribution in [0.4, 0.5) is 5.82 Å². The number of hydrogen-bond donors (Lipinski definition) is 3. The summed E-state index contributed by atoms with van der Waals surface area (Å²) < 4.78 is 2.30. The van der Waals surface area contributed by atoms with Crippen molar-refractivity contribution in [2.45, 2.75) is 33.2 Å². The van der Waals surface area contributed by atoms with E-state index >= 15 is 0 Å². The summed E-state index contributed by atoms with van der Waals surface area (Å²) >= 11 is 0. The maximum atomic E-state index is 8.92. The van der Waals surface area contributed by atoms with E-state index in [2.05, 4.69) is 47.8 Å². The molecule has 0 amide bonds. The van der Waals surface area contributed by atoms with Gasteiger partial charge in [0.15, 0.2) is 0 Å². The number of aliphatic hydroxyl groups excluding tert-OH is 1. The van der Waals surface area contributed by atoms with Crippen molar-refractivity contribution < 1.29 is 10.0 Å². The van der Waals surface area contributed by atoms with Crippen LogP contribution in [0.15, 0.2) is 6.33 Å². The Morgan fingerprint density at radius 3 is 2.68 bits per heavy atom. The van der Waals surface area contributed by atoms with Crippen LogP contribution in [0.1, 0.15) is 24.1 Å². The van der Waals surface area contributed by atoms with Gasteiger partial charge < -0.3 is 19.9 Å². The lowest BCUT2D eigenvalue weighted by Crippen LogP contribution is -3.05. The zero-order valence-corrected chi connectivity index (χ0v) is 14.1. The lowest BCUT2D eigenvalue weighted by Gasteiger charge is -2.10. The third kappa shape index (κ3) is 3.56. The van der Waals surface area contributed by atoms with Gasteiger partial charge in [-0.3, -0.25) is 0 Å². The molecular weight excluding hydrogens is 278 g/mol. The van der Waals surface area contributed by atoms with Crippen LogP contribution < -0.4 is 10.2 Å². The first-order valence-electron chi connectivity index (χ1n) is 8.00. The van der Waals surface area contributed by atoms with E-state index in [0.29, 0.717) is 0 Å². The molecule has 0 aliphatic rings. The molecule has 0 saturated heterocycles. The fourth-order valence-corrected chi connectivity index (χ4v) is 2.75. The first-order chi connectivity index (χ1) is 10.6. The van der Waals surface area contributed by atoms with Gasteiger partial charge in [0.05, 0.1) is 26.0 Å². The number of quaternary nitrogens is 1. The second-order valence-corrected chi connectivity index (χ2v) is 6.10. The SMILES string of the molecule is Cc1c(C)n(CCC[NH+](C)C)c2ncnc(NCCCO)c12. The largest absolute Gasteiger partial charge is 0.396 e. The van der Waals surface area contributed by atoms with Crippen molar-refractivity contribution in [2.24, 2.45) is 0 Å². The molecular formula is C16H28N5O+. The molecule has 0 radical (unpaired) electrons. The lowest BCUT2D eigenvalue weighted by molar-refractivity contribution is -0.858. The number of aromatic nitrogens is 3. The number of aryl methyl sites for hydroxylation is 2. The van der Waals surface area contributed by atoms with Crippen LogP contribution in [-0.4, -0.2) is 53.4 Å². The maximum absolute atomic E-state index is 8.92. The van der Waals surface area contributed by atoms with Gasteiger partial charge in [-0.1, -0.05) is 0 Å². The second-order valence-electron chi connectivity index (χ2n) is 6.10. The van der Waals surface area contributed by atoms with Gasteiger partial charge in [-0.25, -0.2) is 9.97 Å². The first kappa shape index (κ1) is 16.7. The standard InChI is InChI=1S/C16H27N5O/c1-12-13(2)21(9-6-8-20(3)4)16-14(12)15(18-11-19-16)17-7-5-10-22/h11,22H,5-10H2,1-4H3,(H,17,18,19)/p+1. The van der Waals surface area contributed by atoms with E-state index in [1.165, 1.54) is 16.2 Å². The van der Waals surface area contributed by atoms with Crippen molar-refractivity contribution in [3.8, 4) is 0 Å². The topological polar surface area (TPSA) is 67.4 Å². The number of fused-ring (bicyclic) bond motifs is 1. The predicted molar refractivity (Wildman–Crippen MR) is 89.5 cm³/mol. The van der Waals surface area contributed by atoms with E-state index < -0.39 is 0 Å². The number of aliphatic hydroxyl groups is 1. The molecule has 0 aromatic carbocycles. The Labute approximate surface area is 132 Å². The number of hydrogen-bond acceptors (Lipinski definition) is 4. The minimum atomic E-state index is 0.188. The van der Waals surface area contributed by atoms with E-state index in [1.807, 2.05) is 0 Å².